The van der Waals surface area contributed by atoms with E-state index in [9.17, 15) is 9.18 Å². The molecular formula is C18H29FN4O2. The molecule has 140 valence electrons. The van der Waals surface area contributed by atoms with E-state index in [0.29, 0.717) is 19.1 Å². The second-order valence-electron chi connectivity index (χ2n) is 6.08. The zero-order valence-electron chi connectivity index (χ0n) is 15.8. The maximum Gasteiger partial charge on any atom is 0.243 e. The van der Waals surface area contributed by atoms with E-state index < -0.39 is 0 Å². The summed E-state index contributed by atoms with van der Waals surface area (Å²) in [6.45, 7) is 5.01. The lowest BCUT2D eigenvalue weighted by molar-refractivity contribution is -0.127. The zero-order chi connectivity index (χ0) is 18.8. The summed E-state index contributed by atoms with van der Waals surface area (Å²) in [6.07, 6.45) is 0.931. The van der Waals surface area contributed by atoms with Gasteiger partial charge < -0.3 is 19.9 Å². The molecule has 1 aromatic carbocycles. The second-order valence-corrected chi connectivity index (χ2v) is 6.08. The number of hydrogen-bond acceptors (Lipinski definition) is 3. The largest absolute Gasteiger partial charge is 0.489 e. The van der Waals surface area contributed by atoms with Gasteiger partial charge in [0.25, 0.3) is 0 Å². The van der Waals surface area contributed by atoms with Gasteiger partial charge in [-0.2, -0.15) is 0 Å². The molecule has 0 spiro atoms. The Kier molecular flexibility index (Phi) is 8.74. The quantitative estimate of drug-likeness (QED) is 0.574. The molecule has 1 N–H and O–H groups in total. The highest BCUT2D eigenvalue weighted by atomic mass is 19.1. The molecule has 0 aliphatic carbocycles. The minimum absolute atomic E-state index is 0.0699. The molecular weight excluding hydrogens is 323 g/mol. The Hall–Kier alpha value is -2.31. The van der Waals surface area contributed by atoms with Gasteiger partial charge in [-0.05, 0) is 25.5 Å². The maximum absolute atomic E-state index is 13.6. The molecule has 0 aliphatic heterocycles. The van der Waals surface area contributed by atoms with Crippen molar-refractivity contribution in [3.05, 3.63) is 30.1 Å². The SMILES string of the molecule is CCC(C)NC(=NCC(=O)N(C)C)N(C)CCOc1ccccc1F. The van der Waals surface area contributed by atoms with Gasteiger partial charge in [0.15, 0.2) is 17.5 Å². The van der Waals surface area contributed by atoms with Gasteiger partial charge >= 0.3 is 0 Å². The second kappa shape index (κ2) is 10.5. The average Bonchev–Trinajstić information content (AvgIpc) is 2.59. The number of para-hydroxylation sites is 1. The molecule has 0 radical (unpaired) electrons. The summed E-state index contributed by atoms with van der Waals surface area (Å²) in [5.41, 5.74) is 0. The predicted molar refractivity (Wildman–Crippen MR) is 98.4 cm³/mol. The number of benzene rings is 1. The molecule has 1 aromatic rings. The number of hydrogen-bond donors (Lipinski definition) is 1. The lowest BCUT2D eigenvalue weighted by Crippen LogP contribution is -2.45. The van der Waals surface area contributed by atoms with Gasteiger partial charge in [0, 0.05) is 27.2 Å². The Balaban J connectivity index is 2.64. The number of aliphatic imine (C=N–C) groups is 1. The van der Waals surface area contributed by atoms with Crippen LogP contribution in [-0.2, 0) is 4.79 Å². The fourth-order valence-electron chi connectivity index (χ4n) is 1.84. The number of rotatable bonds is 8. The van der Waals surface area contributed by atoms with Gasteiger partial charge in [-0.15, -0.1) is 0 Å². The summed E-state index contributed by atoms with van der Waals surface area (Å²) in [5.74, 6) is 0.404. The van der Waals surface area contributed by atoms with Crippen LogP contribution in [0.3, 0.4) is 0 Å². The molecule has 0 aromatic heterocycles. The Morgan fingerprint density at radius 3 is 2.60 bits per heavy atom. The van der Waals surface area contributed by atoms with E-state index in [4.69, 9.17) is 4.74 Å². The van der Waals surface area contributed by atoms with Gasteiger partial charge in [-0.1, -0.05) is 19.1 Å². The van der Waals surface area contributed by atoms with E-state index in [1.807, 2.05) is 18.9 Å². The molecule has 6 nitrogen and oxygen atoms in total. The van der Waals surface area contributed by atoms with Crippen molar-refractivity contribution < 1.29 is 13.9 Å². The fraction of sp³-hybridized carbons (Fsp3) is 0.556. The highest BCUT2D eigenvalue weighted by molar-refractivity contribution is 5.84. The van der Waals surface area contributed by atoms with Crippen LogP contribution in [0.25, 0.3) is 0 Å². The van der Waals surface area contributed by atoms with Gasteiger partial charge in [0.2, 0.25) is 5.91 Å². The van der Waals surface area contributed by atoms with Crippen LogP contribution in [0.1, 0.15) is 20.3 Å². The smallest absolute Gasteiger partial charge is 0.243 e. The van der Waals surface area contributed by atoms with Crippen LogP contribution in [0.15, 0.2) is 29.3 Å². The highest BCUT2D eigenvalue weighted by Crippen LogP contribution is 2.14. The van der Waals surface area contributed by atoms with E-state index in [-0.39, 0.29) is 30.1 Å². The number of guanidine groups is 1. The summed E-state index contributed by atoms with van der Waals surface area (Å²) < 4.78 is 19.0. The number of likely N-dealkylation sites (N-methyl/N-ethyl adjacent to an activating group) is 2. The van der Waals surface area contributed by atoms with E-state index in [1.165, 1.54) is 11.0 Å². The number of carbonyl (C=O) groups excluding carboxylic acids is 1. The van der Waals surface area contributed by atoms with Crippen LogP contribution in [0, 0.1) is 5.82 Å². The first-order chi connectivity index (χ1) is 11.8. The first kappa shape index (κ1) is 20.7. The van der Waals surface area contributed by atoms with Crippen molar-refractivity contribution in [2.75, 3.05) is 40.8 Å². The number of halogens is 1. The van der Waals surface area contributed by atoms with Crippen LogP contribution in [-0.4, -0.2) is 68.5 Å². The van der Waals surface area contributed by atoms with Gasteiger partial charge in [0.05, 0.1) is 6.54 Å². The summed E-state index contributed by atoms with van der Waals surface area (Å²) in [7, 11) is 5.26. The normalized spacial score (nSPS) is 12.5. The fourth-order valence-corrected chi connectivity index (χ4v) is 1.84. The van der Waals surface area contributed by atoms with Crippen molar-refractivity contribution in [2.24, 2.45) is 4.99 Å². The van der Waals surface area contributed by atoms with Crippen molar-refractivity contribution in [3.63, 3.8) is 0 Å². The third-order valence-electron chi connectivity index (χ3n) is 3.73. The first-order valence-corrected chi connectivity index (χ1v) is 8.44. The van der Waals surface area contributed by atoms with Crippen LogP contribution in [0.4, 0.5) is 4.39 Å². The molecule has 1 atom stereocenters. The summed E-state index contributed by atoms with van der Waals surface area (Å²) >= 11 is 0. The molecule has 0 aliphatic rings. The van der Waals surface area contributed by atoms with Crippen molar-refractivity contribution in [3.8, 4) is 5.75 Å². The van der Waals surface area contributed by atoms with E-state index in [2.05, 4.69) is 17.2 Å². The van der Waals surface area contributed by atoms with Crippen molar-refractivity contribution >= 4 is 11.9 Å². The summed E-state index contributed by atoms with van der Waals surface area (Å²) in [6, 6.07) is 6.53. The van der Waals surface area contributed by atoms with Crippen LogP contribution in [0.5, 0.6) is 5.75 Å². The van der Waals surface area contributed by atoms with Crippen LogP contribution in [0.2, 0.25) is 0 Å². The minimum Gasteiger partial charge on any atom is -0.489 e. The Bertz CT molecular complexity index is 578. The number of nitrogens with zero attached hydrogens (tertiary/aromatic N) is 3. The highest BCUT2D eigenvalue weighted by Gasteiger charge is 2.12. The van der Waals surface area contributed by atoms with Gasteiger partial charge in [0.1, 0.15) is 13.2 Å². The zero-order valence-corrected chi connectivity index (χ0v) is 15.8. The Morgan fingerprint density at radius 1 is 1.32 bits per heavy atom. The number of ether oxygens (including phenoxy) is 1. The topological polar surface area (TPSA) is 57.2 Å². The molecule has 0 saturated carbocycles. The number of nitrogens with one attached hydrogen (secondary N) is 1. The third kappa shape index (κ3) is 7.41. The van der Waals surface area contributed by atoms with Crippen molar-refractivity contribution in [1.82, 2.24) is 15.1 Å². The molecule has 1 amide bonds. The molecule has 1 rings (SSSR count). The average molecular weight is 352 g/mol. The third-order valence-corrected chi connectivity index (χ3v) is 3.73. The molecule has 1 unspecified atom stereocenters. The lowest BCUT2D eigenvalue weighted by atomic mass is 10.3. The van der Waals surface area contributed by atoms with Crippen LogP contribution >= 0.6 is 0 Å². The first-order valence-electron chi connectivity index (χ1n) is 8.44. The monoisotopic (exact) mass is 352 g/mol. The van der Waals surface area contributed by atoms with E-state index in [0.717, 1.165) is 6.42 Å². The van der Waals surface area contributed by atoms with E-state index >= 15 is 0 Å². The molecule has 0 saturated heterocycles. The summed E-state index contributed by atoms with van der Waals surface area (Å²) in [5, 5.41) is 3.30. The lowest BCUT2D eigenvalue weighted by Gasteiger charge is -2.25. The predicted octanol–water partition coefficient (Wildman–Crippen LogP) is 1.97. The molecule has 7 heteroatoms. The summed E-state index contributed by atoms with van der Waals surface area (Å²) in [4.78, 5) is 19.5. The number of carbonyl (C=O) groups is 1. The molecule has 0 heterocycles. The van der Waals surface area contributed by atoms with Gasteiger partial charge in [-0.25, -0.2) is 9.38 Å². The standard InChI is InChI=1S/C18H29FN4O2/c1-6-14(2)21-18(20-13-17(24)22(3)4)23(5)11-12-25-16-10-8-7-9-15(16)19/h7-10,14H,6,11-13H2,1-5H3,(H,20,21). The van der Waals surface area contributed by atoms with Crippen molar-refractivity contribution in [2.45, 2.75) is 26.3 Å². The molecule has 25 heavy (non-hydrogen) atoms. The van der Waals surface area contributed by atoms with E-state index in [1.54, 1.807) is 32.3 Å². The Labute approximate surface area is 149 Å². The minimum atomic E-state index is -0.381. The molecule has 0 fully saturated rings. The van der Waals surface area contributed by atoms with Crippen molar-refractivity contribution in [1.29, 1.82) is 0 Å². The maximum atomic E-state index is 13.6. The molecule has 0 bridgehead atoms. The number of amides is 1. The Morgan fingerprint density at radius 2 is 2.00 bits per heavy atom. The van der Waals surface area contributed by atoms with Crippen LogP contribution < -0.4 is 10.1 Å². The van der Waals surface area contributed by atoms with Gasteiger partial charge in [-0.3, -0.25) is 4.79 Å².